The van der Waals surface area contributed by atoms with E-state index in [1.165, 1.54) is 12.8 Å². The van der Waals surface area contributed by atoms with Gasteiger partial charge in [0, 0.05) is 0 Å². The van der Waals surface area contributed by atoms with Crippen molar-refractivity contribution in [2.45, 2.75) is 24.5 Å². The summed E-state index contributed by atoms with van der Waals surface area (Å²) >= 11 is 6.74. The second-order valence-electron chi connectivity index (χ2n) is 3.32. The predicted octanol–water partition coefficient (Wildman–Crippen LogP) is 3.98. The first kappa shape index (κ1) is 10.7. The van der Waals surface area contributed by atoms with Crippen molar-refractivity contribution in [1.82, 2.24) is 0 Å². The molecule has 0 bridgehead atoms. The third kappa shape index (κ3) is 2.41. The topological polar surface area (TPSA) is 17.1 Å². The largest absolute Gasteiger partial charge is 0.292 e. The molecule has 1 saturated heterocycles. The monoisotopic (exact) mass is 290 g/mol. The van der Waals surface area contributed by atoms with Gasteiger partial charge in [-0.15, -0.1) is 11.3 Å². The van der Waals surface area contributed by atoms with Gasteiger partial charge in [-0.05, 0) is 46.7 Å². The van der Waals surface area contributed by atoms with Gasteiger partial charge in [-0.25, -0.2) is 0 Å². The van der Waals surface area contributed by atoms with Crippen LogP contribution in [0.2, 0.25) is 0 Å². The molecule has 14 heavy (non-hydrogen) atoms. The Morgan fingerprint density at radius 2 is 2.29 bits per heavy atom. The summed E-state index contributed by atoms with van der Waals surface area (Å²) < 4.78 is 1.04. The molecule has 0 aliphatic carbocycles. The van der Waals surface area contributed by atoms with Crippen LogP contribution in [0.3, 0.4) is 0 Å². The first-order valence-electron chi connectivity index (χ1n) is 4.68. The van der Waals surface area contributed by atoms with Crippen LogP contribution in [0, 0.1) is 0 Å². The van der Waals surface area contributed by atoms with E-state index >= 15 is 0 Å². The van der Waals surface area contributed by atoms with E-state index in [1.54, 1.807) is 11.3 Å². The minimum absolute atomic E-state index is 0.217. The van der Waals surface area contributed by atoms with E-state index in [1.807, 2.05) is 23.9 Å². The summed E-state index contributed by atoms with van der Waals surface area (Å²) in [5.74, 6) is 1.47. The van der Waals surface area contributed by atoms with Crippen LogP contribution >= 0.6 is 39.0 Å². The zero-order valence-electron chi connectivity index (χ0n) is 7.66. The van der Waals surface area contributed by atoms with Crippen LogP contribution in [0.15, 0.2) is 15.9 Å². The van der Waals surface area contributed by atoms with Crippen LogP contribution in [0.4, 0.5) is 0 Å². The number of rotatable bonds is 2. The van der Waals surface area contributed by atoms with E-state index in [-0.39, 0.29) is 5.25 Å². The van der Waals surface area contributed by atoms with Crippen molar-refractivity contribution in [3.05, 3.63) is 20.8 Å². The molecule has 2 rings (SSSR count). The molecule has 0 saturated carbocycles. The van der Waals surface area contributed by atoms with Gasteiger partial charge in [-0.3, -0.25) is 4.79 Å². The summed E-state index contributed by atoms with van der Waals surface area (Å²) in [6, 6.07) is 3.87. The SMILES string of the molecule is O=C(c1ccc(Br)s1)C1CCCCS1. The number of ketones is 1. The first-order chi connectivity index (χ1) is 6.77. The first-order valence-corrected chi connectivity index (χ1v) is 7.34. The van der Waals surface area contributed by atoms with Gasteiger partial charge in [0.1, 0.15) is 0 Å². The number of hydrogen-bond donors (Lipinski definition) is 0. The Hall–Kier alpha value is 0.200. The zero-order valence-corrected chi connectivity index (χ0v) is 10.9. The highest BCUT2D eigenvalue weighted by atomic mass is 79.9. The van der Waals surface area contributed by atoms with Crippen LogP contribution in [-0.2, 0) is 0 Å². The fourth-order valence-electron chi connectivity index (χ4n) is 1.55. The number of Topliss-reactive ketones (excluding diaryl/α,β-unsaturated/α-hetero) is 1. The Kier molecular flexibility index (Phi) is 3.68. The lowest BCUT2D eigenvalue weighted by Crippen LogP contribution is -2.19. The molecule has 1 aromatic rings. The van der Waals surface area contributed by atoms with Gasteiger partial charge in [0.05, 0.1) is 13.9 Å². The number of thiophene rings is 1. The van der Waals surface area contributed by atoms with Crippen molar-refractivity contribution in [2.75, 3.05) is 5.75 Å². The maximum Gasteiger partial charge on any atom is 0.185 e. The molecule has 1 nitrogen and oxygen atoms in total. The number of carbonyl (C=O) groups is 1. The highest BCUT2D eigenvalue weighted by Crippen LogP contribution is 2.31. The van der Waals surface area contributed by atoms with E-state index in [4.69, 9.17) is 0 Å². The highest BCUT2D eigenvalue weighted by molar-refractivity contribution is 9.11. The Labute approximate surface area is 100 Å². The molecule has 0 aromatic carbocycles. The molecular formula is C10H11BrOS2. The van der Waals surface area contributed by atoms with Crippen LogP contribution in [0.5, 0.6) is 0 Å². The molecule has 1 aliphatic rings. The maximum absolute atomic E-state index is 12.0. The Morgan fingerprint density at radius 3 is 2.86 bits per heavy atom. The van der Waals surface area contributed by atoms with Gasteiger partial charge in [0.25, 0.3) is 0 Å². The Morgan fingerprint density at radius 1 is 1.43 bits per heavy atom. The highest BCUT2D eigenvalue weighted by Gasteiger charge is 2.23. The van der Waals surface area contributed by atoms with Gasteiger partial charge < -0.3 is 0 Å². The normalized spacial score (nSPS) is 22.2. The van der Waals surface area contributed by atoms with E-state index < -0.39 is 0 Å². The maximum atomic E-state index is 12.0. The minimum atomic E-state index is 0.217. The summed E-state index contributed by atoms with van der Waals surface area (Å²) in [5.41, 5.74) is 0. The number of thioether (sulfide) groups is 1. The summed E-state index contributed by atoms with van der Waals surface area (Å²) in [6.45, 7) is 0. The third-order valence-corrected chi connectivity index (χ3v) is 5.30. The van der Waals surface area contributed by atoms with Gasteiger partial charge >= 0.3 is 0 Å². The lowest BCUT2D eigenvalue weighted by Gasteiger charge is -2.18. The van der Waals surface area contributed by atoms with Crippen molar-refractivity contribution in [3.8, 4) is 0 Å². The van der Waals surface area contributed by atoms with E-state index in [0.29, 0.717) is 5.78 Å². The molecule has 1 aliphatic heterocycles. The summed E-state index contributed by atoms with van der Waals surface area (Å²) in [6.07, 6.45) is 3.53. The average Bonchev–Trinajstić information content (AvgIpc) is 2.65. The number of hydrogen-bond acceptors (Lipinski definition) is 3. The minimum Gasteiger partial charge on any atom is -0.292 e. The van der Waals surface area contributed by atoms with Crippen molar-refractivity contribution in [2.24, 2.45) is 0 Å². The third-order valence-electron chi connectivity index (χ3n) is 2.29. The molecule has 4 heteroatoms. The number of carbonyl (C=O) groups excluding carboxylic acids is 1. The van der Waals surface area contributed by atoms with Crippen molar-refractivity contribution >= 4 is 44.8 Å². The molecule has 1 unspecified atom stereocenters. The Bertz CT molecular complexity index is 329. The molecular weight excluding hydrogens is 280 g/mol. The zero-order chi connectivity index (χ0) is 9.97. The average molecular weight is 291 g/mol. The summed E-state index contributed by atoms with van der Waals surface area (Å²) in [5, 5.41) is 0.217. The summed E-state index contributed by atoms with van der Waals surface area (Å²) in [4.78, 5) is 12.9. The molecule has 0 amide bonds. The number of halogens is 1. The smallest absolute Gasteiger partial charge is 0.185 e. The predicted molar refractivity (Wildman–Crippen MR) is 66.4 cm³/mol. The molecule has 0 spiro atoms. The second-order valence-corrected chi connectivity index (χ2v) is 7.10. The molecule has 2 heterocycles. The fourth-order valence-corrected chi connectivity index (χ4v) is 4.27. The fraction of sp³-hybridized carbons (Fsp3) is 0.500. The summed E-state index contributed by atoms with van der Waals surface area (Å²) in [7, 11) is 0. The lowest BCUT2D eigenvalue weighted by atomic mass is 10.1. The quantitative estimate of drug-likeness (QED) is 0.767. The van der Waals surface area contributed by atoms with E-state index in [9.17, 15) is 4.79 Å². The van der Waals surface area contributed by atoms with Crippen LogP contribution in [-0.4, -0.2) is 16.8 Å². The molecule has 0 radical (unpaired) electrons. The van der Waals surface area contributed by atoms with Crippen molar-refractivity contribution in [3.63, 3.8) is 0 Å². The molecule has 1 fully saturated rings. The van der Waals surface area contributed by atoms with Crippen molar-refractivity contribution in [1.29, 1.82) is 0 Å². The van der Waals surface area contributed by atoms with Gasteiger partial charge in [0.2, 0.25) is 0 Å². The molecule has 76 valence electrons. The van der Waals surface area contributed by atoms with Crippen molar-refractivity contribution < 1.29 is 4.79 Å². The van der Waals surface area contributed by atoms with Crippen LogP contribution in [0.1, 0.15) is 28.9 Å². The van der Waals surface area contributed by atoms with E-state index in [2.05, 4.69) is 15.9 Å². The molecule has 1 aromatic heterocycles. The standard InChI is InChI=1S/C10H11BrOS2/c11-9-5-4-8(14-9)10(12)7-3-1-2-6-13-7/h4-5,7H,1-3,6H2. The molecule has 1 atom stereocenters. The van der Waals surface area contributed by atoms with Gasteiger partial charge in [0.15, 0.2) is 5.78 Å². The Balaban J connectivity index is 2.07. The van der Waals surface area contributed by atoms with Gasteiger partial charge in [-0.1, -0.05) is 6.42 Å². The second kappa shape index (κ2) is 4.81. The lowest BCUT2D eigenvalue weighted by molar-refractivity contribution is 0.0988. The van der Waals surface area contributed by atoms with Gasteiger partial charge in [-0.2, -0.15) is 11.8 Å². The van der Waals surface area contributed by atoms with Crippen LogP contribution < -0.4 is 0 Å². The molecule has 0 N–H and O–H groups in total. The van der Waals surface area contributed by atoms with Crippen LogP contribution in [0.25, 0.3) is 0 Å². The van der Waals surface area contributed by atoms with E-state index in [0.717, 1.165) is 20.8 Å².